The average molecular weight is 425 g/mol. The molecule has 2 heterocycles. The van der Waals surface area contributed by atoms with Crippen LogP contribution in [0, 0.1) is 0 Å². The summed E-state index contributed by atoms with van der Waals surface area (Å²) in [4.78, 5) is 20.5. The van der Waals surface area contributed by atoms with Crippen molar-refractivity contribution in [2.45, 2.75) is 32.2 Å². The van der Waals surface area contributed by atoms with E-state index in [0.29, 0.717) is 43.3 Å². The second-order valence-electron chi connectivity index (χ2n) is 6.98. The molecule has 0 radical (unpaired) electrons. The van der Waals surface area contributed by atoms with Gasteiger partial charge in [-0.2, -0.15) is 5.10 Å². The number of hydrogen-bond acceptors (Lipinski definition) is 5. The minimum Gasteiger partial charge on any atom is -0.383 e. The molecule has 30 heavy (non-hydrogen) atoms. The van der Waals surface area contributed by atoms with Crippen molar-refractivity contribution in [2.75, 3.05) is 13.7 Å². The Morgan fingerprint density at radius 1 is 1.20 bits per heavy atom. The summed E-state index contributed by atoms with van der Waals surface area (Å²) in [6.07, 6.45) is 7.39. The third kappa shape index (κ3) is 6.34. The summed E-state index contributed by atoms with van der Waals surface area (Å²) in [7, 11) is 1.67. The molecule has 0 unspecified atom stereocenters. The molecule has 1 aromatic carbocycles. The van der Waals surface area contributed by atoms with Crippen LogP contribution >= 0.6 is 11.6 Å². The molecule has 2 aromatic heterocycles. The van der Waals surface area contributed by atoms with Crippen LogP contribution in [-0.2, 0) is 41.8 Å². The highest BCUT2D eigenvalue weighted by molar-refractivity contribution is 6.31. The van der Waals surface area contributed by atoms with Crippen LogP contribution in [0.4, 0.5) is 0 Å². The zero-order valence-electron chi connectivity index (χ0n) is 17.1. The summed E-state index contributed by atoms with van der Waals surface area (Å²) in [6, 6.07) is 9.99. The maximum Gasteiger partial charge on any atom is 0.159 e. The number of benzene rings is 1. The molecule has 6 nitrogen and oxygen atoms in total. The Morgan fingerprint density at radius 3 is 2.70 bits per heavy atom. The number of nitrogens with zero attached hydrogens (tertiary/aromatic N) is 4. The van der Waals surface area contributed by atoms with Gasteiger partial charge in [0.15, 0.2) is 5.78 Å². The van der Waals surface area contributed by atoms with Crippen LogP contribution in [0.1, 0.15) is 28.3 Å². The highest BCUT2D eigenvalue weighted by Gasteiger charge is 2.09. The predicted octanol–water partition coefficient (Wildman–Crippen LogP) is 3.65. The van der Waals surface area contributed by atoms with Gasteiger partial charge in [0.25, 0.3) is 0 Å². The maximum atomic E-state index is 11.5. The molecule has 0 saturated heterocycles. The fourth-order valence-corrected chi connectivity index (χ4v) is 3.22. The van der Waals surface area contributed by atoms with Crippen molar-refractivity contribution in [1.29, 1.82) is 0 Å². The molecule has 3 rings (SSSR count). The molecule has 0 N–H and O–H groups in total. The van der Waals surface area contributed by atoms with Crippen molar-refractivity contribution in [3.05, 3.63) is 88.7 Å². The number of methoxy groups -OCH3 is 1. The van der Waals surface area contributed by atoms with E-state index in [-0.39, 0.29) is 5.78 Å². The van der Waals surface area contributed by atoms with E-state index in [0.717, 1.165) is 28.9 Å². The van der Waals surface area contributed by atoms with Gasteiger partial charge in [-0.3, -0.25) is 9.48 Å². The Kier molecular flexibility index (Phi) is 7.88. The first kappa shape index (κ1) is 21.9. The lowest BCUT2D eigenvalue weighted by molar-refractivity contribution is -0.114. The minimum absolute atomic E-state index is 0.0200. The van der Waals surface area contributed by atoms with E-state index in [4.69, 9.17) is 16.3 Å². The van der Waals surface area contributed by atoms with Crippen LogP contribution in [0.15, 0.2) is 55.4 Å². The van der Waals surface area contributed by atoms with Crippen LogP contribution in [0.2, 0.25) is 5.02 Å². The topological polar surface area (TPSA) is 69.9 Å². The van der Waals surface area contributed by atoms with Crippen molar-refractivity contribution in [2.24, 2.45) is 0 Å². The van der Waals surface area contributed by atoms with Gasteiger partial charge in [-0.05, 0) is 36.1 Å². The fourth-order valence-electron chi connectivity index (χ4n) is 3.03. The molecule has 0 atom stereocenters. The molecule has 0 aliphatic carbocycles. The Bertz CT molecular complexity index is 999. The molecule has 0 saturated carbocycles. The number of aromatic nitrogens is 4. The van der Waals surface area contributed by atoms with Crippen LogP contribution in [-0.4, -0.2) is 39.2 Å². The molecule has 0 aliphatic rings. The van der Waals surface area contributed by atoms with E-state index >= 15 is 0 Å². The second-order valence-corrected chi connectivity index (χ2v) is 7.39. The summed E-state index contributed by atoms with van der Waals surface area (Å²) in [5, 5.41) is 5.08. The normalized spacial score (nSPS) is 10.9. The Balaban J connectivity index is 1.60. The van der Waals surface area contributed by atoms with Crippen LogP contribution in [0.25, 0.3) is 0 Å². The number of rotatable bonds is 11. The zero-order chi connectivity index (χ0) is 21.3. The van der Waals surface area contributed by atoms with Gasteiger partial charge in [0.2, 0.25) is 0 Å². The number of carbonyl (C=O) groups is 1. The van der Waals surface area contributed by atoms with Crippen molar-refractivity contribution >= 4 is 17.4 Å². The van der Waals surface area contributed by atoms with E-state index in [2.05, 4.69) is 21.6 Å². The predicted molar refractivity (Wildman–Crippen MR) is 117 cm³/mol. The van der Waals surface area contributed by atoms with Gasteiger partial charge in [-0.1, -0.05) is 42.4 Å². The molecule has 0 fully saturated rings. The van der Waals surface area contributed by atoms with E-state index < -0.39 is 0 Å². The summed E-state index contributed by atoms with van der Waals surface area (Å²) in [5.74, 6) is 0.719. The number of ketones is 1. The van der Waals surface area contributed by atoms with Gasteiger partial charge in [0, 0.05) is 25.9 Å². The quantitative estimate of drug-likeness (QED) is 0.439. The standard InChI is InChI=1S/C23H25ClN4O2/c1-3-20(29)14-18-6-4-17(5-7-18)8-9-22-21(24)16-25-23(26-22)15-19-10-11-28(27-19)12-13-30-2/h3-7,10-11,16H,1,8-9,12-15H2,2H3. The third-order valence-corrected chi connectivity index (χ3v) is 5.02. The number of aryl methyl sites for hydroxylation is 2. The molecule has 0 bridgehead atoms. The summed E-state index contributed by atoms with van der Waals surface area (Å²) >= 11 is 6.32. The van der Waals surface area contributed by atoms with Crippen LogP contribution in [0.5, 0.6) is 0 Å². The Hall–Kier alpha value is -2.83. The summed E-state index contributed by atoms with van der Waals surface area (Å²) in [5.41, 5.74) is 3.88. The Morgan fingerprint density at radius 2 is 1.97 bits per heavy atom. The molecule has 7 heteroatoms. The van der Waals surface area contributed by atoms with Gasteiger partial charge in [-0.25, -0.2) is 9.97 Å². The van der Waals surface area contributed by atoms with Gasteiger partial charge >= 0.3 is 0 Å². The first-order chi connectivity index (χ1) is 14.6. The van der Waals surface area contributed by atoms with E-state index in [1.807, 2.05) is 41.2 Å². The highest BCUT2D eigenvalue weighted by atomic mass is 35.5. The first-order valence-electron chi connectivity index (χ1n) is 9.82. The molecule has 156 valence electrons. The second kappa shape index (κ2) is 10.8. The van der Waals surface area contributed by atoms with Gasteiger partial charge in [0.1, 0.15) is 5.82 Å². The number of carbonyl (C=O) groups excluding carboxylic acids is 1. The van der Waals surface area contributed by atoms with Crippen molar-refractivity contribution < 1.29 is 9.53 Å². The lowest BCUT2D eigenvalue weighted by atomic mass is 10.0. The number of allylic oxidation sites excluding steroid dienone is 1. The van der Waals surface area contributed by atoms with Crippen LogP contribution < -0.4 is 0 Å². The van der Waals surface area contributed by atoms with E-state index in [1.54, 1.807) is 13.3 Å². The smallest absolute Gasteiger partial charge is 0.159 e. The monoisotopic (exact) mass is 424 g/mol. The zero-order valence-corrected chi connectivity index (χ0v) is 17.8. The minimum atomic E-state index is 0.0200. The lowest BCUT2D eigenvalue weighted by Crippen LogP contribution is -2.06. The average Bonchev–Trinajstić information content (AvgIpc) is 3.20. The number of halogens is 1. The molecule has 0 spiro atoms. The maximum absolute atomic E-state index is 11.5. The molecule has 3 aromatic rings. The molecular weight excluding hydrogens is 400 g/mol. The Labute approximate surface area is 181 Å². The van der Waals surface area contributed by atoms with Gasteiger partial charge < -0.3 is 4.74 Å². The van der Waals surface area contributed by atoms with E-state index in [9.17, 15) is 4.79 Å². The number of hydrogen-bond donors (Lipinski definition) is 0. The van der Waals surface area contributed by atoms with Crippen molar-refractivity contribution in [3.8, 4) is 0 Å². The largest absolute Gasteiger partial charge is 0.383 e. The van der Waals surface area contributed by atoms with Gasteiger partial charge in [0.05, 0.1) is 36.0 Å². The van der Waals surface area contributed by atoms with Gasteiger partial charge in [-0.15, -0.1) is 0 Å². The van der Waals surface area contributed by atoms with Crippen LogP contribution in [0.3, 0.4) is 0 Å². The summed E-state index contributed by atoms with van der Waals surface area (Å²) in [6.45, 7) is 4.84. The van der Waals surface area contributed by atoms with E-state index in [1.165, 1.54) is 6.08 Å². The molecule has 0 aliphatic heterocycles. The SMILES string of the molecule is C=CC(=O)Cc1ccc(CCc2nc(Cc3ccn(CCOC)n3)ncc2Cl)cc1. The lowest BCUT2D eigenvalue weighted by Gasteiger charge is -2.07. The van der Waals surface area contributed by atoms with Crippen molar-refractivity contribution in [3.63, 3.8) is 0 Å². The molecule has 0 amide bonds. The number of ether oxygens (including phenoxy) is 1. The molecular formula is C23H25ClN4O2. The summed E-state index contributed by atoms with van der Waals surface area (Å²) < 4.78 is 6.92. The highest BCUT2D eigenvalue weighted by Crippen LogP contribution is 2.17. The third-order valence-electron chi connectivity index (χ3n) is 4.71. The van der Waals surface area contributed by atoms with Crippen molar-refractivity contribution in [1.82, 2.24) is 19.7 Å². The fraction of sp³-hybridized carbons (Fsp3) is 0.304. The first-order valence-corrected chi connectivity index (χ1v) is 10.2.